The second-order valence-electron chi connectivity index (χ2n) is 3.16. The van der Waals surface area contributed by atoms with Crippen molar-refractivity contribution >= 4 is 23.6 Å². The summed E-state index contributed by atoms with van der Waals surface area (Å²) in [5.41, 5.74) is 0. The molecule has 1 aliphatic rings. The molecule has 2 unspecified atom stereocenters. The Kier molecular flexibility index (Phi) is 4.21. The number of thioether (sulfide) groups is 1. The average molecular weight is 219 g/mol. The molecule has 14 heavy (non-hydrogen) atoms. The van der Waals surface area contributed by atoms with E-state index in [2.05, 4.69) is 5.32 Å². The molecule has 0 aromatic carbocycles. The Bertz CT molecular complexity index is 227. The predicted octanol–water partition coefficient (Wildman–Crippen LogP) is -0.699. The zero-order chi connectivity index (χ0) is 10.6. The van der Waals surface area contributed by atoms with E-state index in [-0.39, 0.29) is 18.4 Å². The quantitative estimate of drug-likeness (QED) is 0.582. The molecule has 1 aliphatic heterocycles. The number of hydrogen-bond donors (Lipinski definition) is 3. The van der Waals surface area contributed by atoms with E-state index >= 15 is 0 Å². The van der Waals surface area contributed by atoms with Gasteiger partial charge in [0.25, 0.3) is 0 Å². The number of nitrogens with one attached hydrogen (secondary N) is 1. The van der Waals surface area contributed by atoms with Gasteiger partial charge in [0.15, 0.2) is 6.10 Å². The van der Waals surface area contributed by atoms with Crippen LogP contribution in [-0.4, -0.2) is 46.2 Å². The summed E-state index contributed by atoms with van der Waals surface area (Å²) < 4.78 is 0. The molecule has 0 spiro atoms. The van der Waals surface area contributed by atoms with Crippen LogP contribution < -0.4 is 5.32 Å². The standard InChI is InChI=1S/C8H13NO4S/c10-6(8(12)13)3-9-7(11)5-1-2-14-4-5/h5-6,10H,1-4H2,(H,9,11)(H,12,13). The maximum atomic E-state index is 11.3. The van der Waals surface area contributed by atoms with E-state index in [4.69, 9.17) is 10.2 Å². The van der Waals surface area contributed by atoms with Gasteiger partial charge in [-0.2, -0.15) is 11.8 Å². The Morgan fingerprint density at radius 1 is 1.57 bits per heavy atom. The molecule has 1 heterocycles. The smallest absolute Gasteiger partial charge is 0.334 e. The Morgan fingerprint density at radius 3 is 2.79 bits per heavy atom. The van der Waals surface area contributed by atoms with Crippen molar-refractivity contribution in [1.82, 2.24) is 5.32 Å². The van der Waals surface area contributed by atoms with Gasteiger partial charge in [-0.25, -0.2) is 4.79 Å². The Hall–Kier alpha value is -0.750. The zero-order valence-electron chi connectivity index (χ0n) is 7.60. The minimum atomic E-state index is -1.51. The van der Waals surface area contributed by atoms with Crippen LogP contribution in [0.2, 0.25) is 0 Å². The van der Waals surface area contributed by atoms with Crippen LogP contribution in [-0.2, 0) is 9.59 Å². The van der Waals surface area contributed by atoms with Gasteiger partial charge < -0.3 is 15.5 Å². The highest BCUT2D eigenvalue weighted by atomic mass is 32.2. The van der Waals surface area contributed by atoms with E-state index in [9.17, 15) is 9.59 Å². The summed E-state index contributed by atoms with van der Waals surface area (Å²) in [4.78, 5) is 21.6. The molecule has 6 heteroatoms. The fourth-order valence-electron chi connectivity index (χ4n) is 1.17. The number of amides is 1. The van der Waals surface area contributed by atoms with Crippen LogP contribution in [0, 0.1) is 5.92 Å². The fourth-order valence-corrected chi connectivity index (χ4v) is 2.39. The number of carboxylic acid groups (broad SMARTS) is 1. The molecular formula is C8H13NO4S. The number of carboxylic acids is 1. The third kappa shape index (κ3) is 3.19. The van der Waals surface area contributed by atoms with Crippen molar-refractivity contribution in [3.8, 4) is 0 Å². The molecule has 1 amide bonds. The molecule has 1 rings (SSSR count). The summed E-state index contributed by atoms with van der Waals surface area (Å²) in [5.74, 6) is 0.261. The van der Waals surface area contributed by atoms with Crippen molar-refractivity contribution < 1.29 is 19.8 Å². The van der Waals surface area contributed by atoms with Crippen LogP contribution in [0.3, 0.4) is 0 Å². The number of aliphatic hydroxyl groups is 1. The first kappa shape index (κ1) is 11.3. The summed E-state index contributed by atoms with van der Waals surface area (Å²) in [6.45, 7) is -0.213. The number of carbonyl (C=O) groups excluding carboxylic acids is 1. The number of rotatable bonds is 4. The van der Waals surface area contributed by atoms with Crippen molar-refractivity contribution in [2.24, 2.45) is 5.92 Å². The van der Waals surface area contributed by atoms with Gasteiger partial charge in [0, 0.05) is 11.7 Å². The maximum absolute atomic E-state index is 11.3. The molecule has 2 atom stereocenters. The second-order valence-corrected chi connectivity index (χ2v) is 4.31. The molecule has 80 valence electrons. The lowest BCUT2D eigenvalue weighted by molar-refractivity contribution is -0.146. The molecule has 1 fully saturated rings. The number of hydrogen-bond acceptors (Lipinski definition) is 4. The minimum Gasteiger partial charge on any atom is -0.479 e. The maximum Gasteiger partial charge on any atom is 0.334 e. The lowest BCUT2D eigenvalue weighted by Crippen LogP contribution is -2.39. The highest BCUT2D eigenvalue weighted by molar-refractivity contribution is 7.99. The third-order valence-electron chi connectivity index (χ3n) is 2.06. The molecular weight excluding hydrogens is 206 g/mol. The summed E-state index contributed by atoms with van der Waals surface area (Å²) in [6.07, 6.45) is -0.673. The van der Waals surface area contributed by atoms with Gasteiger partial charge in [0.05, 0.1) is 6.54 Å². The van der Waals surface area contributed by atoms with Crippen LogP contribution in [0.4, 0.5) is 0 Å². The van der Waals surface area contributed by atoms with Gasteiger partial charge in [0.1, 0.15) is 0 Å². The summed E-state index contributed by atoms with van der Waals surface area (Å²) in [6, 6.07) is 0. The van der Waals surface area contributed by atoms with Gasteiger partial charge in [-0.15, -0.1) is 0 Å². The SMILES string of the molecule is O=C(O)C(O)CNC(=O)C1CCSC1. The topological polar surface area (TPSA) is 86.6 Å². The van der Waals surface area contributed by atoms with Crippen molar-refractivity contribution in [2.75, 3.05) is 18.1 Å². The summed E-state index contributed by atoms with van der Waals surface area (Å²) >= 11 is 1.71. The van der Waals surface area contributed by atoms with Crippen molar-refractivity contribution in [3.05, 3.63) is 0 Å². The molecule has 5 nitrogen and oxygen atoms in total. The van der Waals surface area contributed by atoms with Gasteiger partial charge in [0.2, 0.25) is 5.91 Å². The third-order valence-corrected chi connectivity index (χ3v) is 3.22. The number of aliphatic hydroxyl groups excluding tert-OH is 1. The van der Waals surface area contributed by atoms with Crippen molar-refractivity contribution in [3.63, 3.8) is 0 Å². The Balaban J connectivity index is 2.23. The van der Waals surface area contributed by atoms with E-state index < -0.39 is 12.1 Å². The van der Waals surface area contributed by atoms with Crippen LogP contribution >= 0.6 is 11.8 Å². The molecule has 1 saturated heterocycles. The molecule has 3 N–H and O–H groups in total. The van der Waals surface area contributed by atoms with Gasteiger partial charge >= 0.3 is 5.97 Å². The monoisotopic (exact) mass is 219 g/mol. The Morgan fingerprint density at radius 2 is 2.29 bits per heavy atom. The lowest BCUT2D eigenvalue weighted by Gasteiger charge is -2.11. The van der Waals surface area contributed by atoms with E-state index in [0.29, 0.717) is 0 Å². The molecule has 0 aromatic rings. The first-order valence-corrected chi connectivity index (χ1v) is 5.53. The van der Waals surface area contributed by atoms with Crippen molar-refractivity contribution in [2.45, 2.75) is 12.5 Å². The molecule has 0 aliphatic carbocycles. The van der Waals surface area contributed by atoms with Gasteiger partial charge in [-0.3, -0.25) is 4.79 Å². The van der Waals surface area contributed by atoms with E-state index in [1.54, 1.807) is 11.8 Å². The molecule has 0 aromatic heterocycles. The fraction of sp³-hybridized carbons (Fsp3) is 0.750. The van der Waals surface area contributed by atoms with E-state index in [1.807, 2.05) is 0 Å². The van der Waals surface area contributed by atoms with Gasteiger partial charge in [-0.1, -0.05) is 0 Å². The second kappa shape index (κ2) is 5.21. The van der Waals surface area contributed by atoms with Crippen LogP contribution in [0.5, 0.6) is 0 Å². The minimum absolute atomic E-state index is 0.0269. The number of carbonyl (C=O) groups is 2. The lowest BCUT2D eigenvalue weighted by atomic mass is 10.1. The Labute approximate surface area is 85.9 Å². The summed E-state index contributed by atoms with van der Waals surface area (Å²) in [7, 11) is 0. The van der Waals surface area contributed by atoms with Crippen molar-refractivity contribution in [1.29, 1.82) is 0 Å². The predicted molar refractivity (Wildman–Crippen MR) is 52.1 cm³/mol. The highest BCUT2D eigenvalue weighted by Gasteiger charge is 2.24. The average Bonchev–Trinajstić information content (AvgIpc) is 2.66. The largest absolute Gasteiger partial charge is 0.479 e. The van der Waals surface area contributed by atoms with Crippen LogP contribution in [0.1, 0.15) is 6.42 Å². The van der Waals surface area contributed by atoms with E-state index in [0.717, 1.165) is 17.9 Å². The van der Waals surface area contributed by atoms with Gasteiger partial charge in [-0.05, 0) is 12.2 Å². The zero-order valence-corrected chi connectivity index (χ0v) is 8.42. The first-order valence-electron chi connectivity index (χ1n) is 4.37. The number of aliphatic carboxylic acids is 1. The van der Waals surface area contributed by atoms with Crippen LogP contribution in [0.15, 0.2) is 0 Å². The van der Waals surface area contributed by atoms with Crippen LogP contribution in [0.25, 0.3) is 0 Å². The summed E-state index contributed by atoms with van der Waals surface area (Å²) in [5, 5.41) is 19.7. The van der Waals surface area contributed by atoms with E-state index in [1.165, 1.54) is 0 Å². The molecule has 0 saturated carbocycles. The highest BCUT2D eigenvalue weighted by Crippen LogP contribution is 2.23. The first-order chi connectivity index (χ1) is 6.61. The normalized spacial score (nSPS) is 23.1. The molecule has 0 radical (unpaired) electrons. The molecule has 0 bridgehead atoms.